The Morgan fingerprint density at radius 1 is 0.917 bits per heavy atom. The second-order valence-electron chi connectivity index (χ2n) is 6.20. The van der Waals surface area contributed by atoms with Crippen LogP contribution >= 0.6 is 0 Å². The fourth-order valence-electron chi connectivity index (χ4n) is 3.01. The second-order valence-corrected chi connectivity index (χ2v) is 6.20. The van der Waals surface area contributed by atoms with Crippen LogP contribution in [0.3, 0.4) is 0 Å². The zero-order chi connectivity index (χ0) is 17.4. The Balaban J connectivity index is 2.15. The summed E-state index contributed by atoms with van der Waals surface area (Å²) in [5.41, 5.74) is 2.34. The van der Waals surface area contributed by atoms with Gasteiger partial charge in [-0.05, 0) is 29.7 Å². The highest BCUT2D eigenvalue weighted by Crippen LogP contribution is 2.32. The maximum atomic E-state index is 10.8. The van der Waals surface area contributed by atoms with E-state index in [2.05, 4.69) is 6.92 Å². The molecule has 2 aromatic rings. The number of rotatable bonds is 9. The van der Waals surface area contributed by atoms with E-state index >= 15 is 0 Å². The molecule has 0 radical (unpaired) electrons. The SMILES string of the molecule is CCCCCCCC(c1ccc(O)cc1)c1ccc([N+](=O)[O-])cc1. The van der Waals surface area contributed by atoms with Crippen LogP contribution in [-0.2, 0) is 0 Å². The smallest absolute Gasteiger partial charge is 0.269 e. The maximum absolute atomic E-state index is 10.8. The van der Waals surface area contributed by atoms with Crippen LogP contribution < -0.4 is 0 Å². The van der Waals surface area contributed by atoms with Crippen molar-refractivity contribution in [2.75, 3.05) is 0 Å². The molecule has 0 aliphatic carbocycles. The number of non-ortho nitro benzene ring substituents is 1. The average Bonchev–Trinajstić information content (AvgIpc) is 2.59. The third-order valence-electron chi connectivity index (χ3n) is 4.40. The summed E-state index contributed by atoms with van der Waals surface area (Å²) in [7, 11) is 0. The third-order valence-corrected chi connectivity index (χ3v) is 4.40. The molecule has 2 rings (SSSR count). The first-order valence-electron chi connectivity index (χ1n) is 8.65. The summed E-state index contributed by atoms with van der Waals surface area (Å²) in [6.07, 6.45) is 7.08. The Kier molecular flexibility index (Phi) is 6.79. The molecule has 0 aliphatic rings. The number of phenolic OH excluding ortho intramolecular Hbond substituents is 1. The molecule has 0 amide bonds. The fraction of sp³-hybridized carbons (Fsp3) is 0.400. The molecule has 128 valence electrons. The zero-order valence-electron chi connectivity index (χ0n) is 14.1. The van der Waals surface area contributed by atoms with Gasteiger partial charge in [-0.3, -0.25) is 10.1 Å². The number of hydrogen-bond donors (Lipinski definition) is 1. The minimum absolute atomic E-state index is 0.117. The van der Waals surface area contributed by atoms with Gasteiger partial charge in [-0.1, -0.05) is 63.3 Å². The lowest BCUT2D eigenvalue weighted by molar-refractivity contribution is -0.384. The van der Waals surface area contributed by atoms with E-state index in [1.807, 2.05) is 24.3 Å². The maximum Gasteiger partial charge on any atom is 0.269 e. The Morgan fingerprint density at radius 3 is 2.00 bits per heavy atom. The summed E-state index contributed by atoms with van der Waals surface area (Å²) in [5, 5.41) is 20.3. The lowest BCUT2D eigenvalue weighted by atomic mass is 9.86. The molecule has 24 heavy (non-hydrogen) atoms. The molecule has 2 aromatic carbocycles. The van der Waals surface area contributed by atoms with Gasteiger partial charge in [-0.2, -0.15) is 0 Å². The Bertz CT molecular complexity index is 635. The van der Waals surface area contributed by atoms with Gasteiger partial charge in [0.15, 0.2) is 0 Å². The summed E-state index contributed by atoms with van der Waals surface area (Å²) in [5.74, 6) is 0.456. The van der Waals surface area contributed by atoms with E-state index < -0.39 is 0 Å². The van der Waals surface area contributed by atoms with E-state index in [1.165, 1.54) is 25.7 Å². The van der Waals surface area contributed by atoms with Gasteiger partial charge in [0.2, 0.25) is 0 Å². The predicted octanol–water partition coefficient (Wildman–Crippen LogP) is 5.79. The van der Waals surface area contributed by atoms with Crippen molar-refractivity contribution in [3.05, 3.63) is 69.8 Å². The number of nitro groups is 1. The first kappa shape index (κ1) is 18.0. The standard InChI is InChI=1S/C20H25NO3/c1-2-3-4-5-6-7-20(17-10-14-19(22)15-11-17)16-8-12-18(13-9-16)21(23)24/h8-15,20,22H,2-7H2,1H3. The Labute approximate surface area is 143 Å². The van der Waals surface area contributed by atoms with Gasteiger partial charge in [0.05, 0.1) is 4.92 Å². The number of benzene rings is 2. The van der Waals surface area contributed by atoms with Gasteiger partial charge in [-0.25, -0.2) is 0 Å². The van der Waals surface area contributed by atoms with Gasteiger partial charge >= 0.3 is 0 Å². The van der Waals surface area contributed by atoms with Crippen molar-refractivity contribution in [3.63, 3.8) is 0 Å². The van der Waals surface area contributed by atoms with Crippen molar-refractivity contribution in [2.24, 2.45) is 0 Å². The van der Waals surface area contributed by atoms with Crippen molar-refractivity contribution in [1.29, 1.82) is 0 Å². The van der Waals surface area contributed by atoms with Crippen LogP contribution in [0.25, 0.3) is 0 Å². The van der Waals surface area contributed by atoms with E-state index in [0.717, 1.165) is 24.0 Å². The zero-order valence-corrected chi connectivity index (χ0v) is 14.1. The van der Waals surface area contributed by atoms with Crippen LogP contribution in [0, 0.1) is 10.1 Å². The predicted molar refractivity (Wildman–Crippen MR) is 96.4 cm³/mol. The molecule has 0 saturated heterocycles. The number of nitro benzene ring substituents is 1. The highest BCUT2D eigenvalue weighted by atomic mass is 16.6. The molecule has 0 heterocycles. The van der Waals surface area contributed by atoms with Gasteiger partial charge in [0, 0.05) is 18.1 Å². The van der Waals surface area contributed by atoms with Crippen molar-refractivity contribution < 1.29 is 10.0 Å². The van der Waals surface area contributed by atoms with Crippen LogP contribution in [0.5, 0.6) is 5.75 Å². The highest BCUT2D eigenvalue weighted by molar-refractivity contribution is 5.40. The van der Waals surface area contributed by atoms with Gasteiger partial charge in [-0.15, -0.1) is 0 Å². The molecule has 1 N–H and O–H groups in total. The monoisotopic (exact) mass is 327 g/mol. The third kappa shape index (κ3) is 5.08. The number of unbranched alkanes of at least 4 members (excludes halogenated alkanes) is 4. The molecule has 0 spiro atoms. The normalized spacial score (nSPS) is 12.0. The van der Waals surface area contributed by atoms with Crippen molar-refractivity contribution in [1.82, 2.24) is 0 Å². The molecule has 4 nitrogen and oxygen atoms in total. The van der Waals surface area contributed by atoms with E-state index in [4.69, 9.17) is 0 Å². The quantitative estimate of drug-likeness (QED) is 0.360. The van der Waals surface area contributed by atoms with Crippen LogP contribution in [0.4, 0.5) is 5.69 Å². The van der Waals surface area contributed by atoms with Gasteiger partial charge in [0.25, 0.3) is 5.69 Å². The first-order valence-corrected chi connectivity index (χ1v) is 8.65. The topological polar surface area (TPSA) is 63.4 Å². The molecule has 1 atom stereocenters. The van der Waals surface area contributed by atoms with Crippen LogP contribution in [0.2, 0.25) is 0 Å². The summed E-state index contributed by atoms with van der Waals surface area (Å²) >= 11 is 0. The molecular weight excluding hydrogens is 302 g/mol. The molecule has 4 heteroatoms. The fourth-order valence-corrected chi connectivity index (χ4v) is 3.01. The van der Waals surface area contributed by atoms with Crippen molar-refractivity contribution in [3.8, 4) is 5.75 Å². The number of hydrogen-bond acceptors (Lipinski definition) is 3. The second kappa shape index (κ2) is 9.06. The summed E-state index contributed by atoms with van der Waals surface area (Å²) < 4.78 is 0. The number of aromatic hydroxyl groups is 1. The first-order chi connectivity index (χ1) is 11.6. The van der Waals surface area contributed by atoms with Crippen LogP contribution in [0.15, 0.2) is 48.5 Å². The van der Waals surface area contributed by atoms with E-state index in [1.54, 1.807) is 24.3 Å². The van der Waals surface area contributed by atoms with E-state index in [-0.39, 0.29) is 22.3 Å². The minimum atomic E-state index is -0.371. The largest absolute Gasteiger partial charge is 0.508 e. The average molecular weight is 327 g/mol. The Hall–Kier alpha value is -2.36. The highest BCUT2D eigenvalue weighted by Gasteiger charge is 2.15. The molecule has 0 saturated carbocycles. The number of nitrogens with zero attached hydrogens (tertiary/aromatic N) is 1. The summed E-state index contributed by atoms with van der Waals surface area (Å²) in [4.78, 5) is 10.5. The van der Waals surface area contributed by atoms with E-state index in [9.17, 15) is 15.2 Å². The Morgan fingerprint density at radius 2 is 1.46 bits per heavy atom. The summed E-state index contributed by atoms with van der Waals surface area (Å²) in [6, 6.07) is 14.1. The lowest BCUT2D eigenvalue weighted by Gasteiger charge is -2.18. The molecule has 0 aliphatic heterocycles. The lowest BCUT2D eigenvalue weighted by Crippen LogP contribution is -2.02. The van der Waals surface area contributed by atoms with Gasteiger partial charge in [0.1, 0.15) is 5.75 Å². The van der Waals surface area contributed by atoms with Crippen molar-refractivity contribution in [2.45, 2.75) is 51.4 Å². The van der Waals surface area contributed by atoms with Crippen molar-refractivity contribution >= 4 is 5.69 Å². The molecule has 0 aromatic heterocycles. The summed E-state index contributed by atoms with van der Waals surface area (Å²) in [6.45, 7) is 2.20. The molecule has 0 bridgehead atoms. The van der Waals surface area contributed by atoms with Crippen LogP contribution in [-0.4, -0.2) is 10.0 Å². The molecule has 0 fully saturated rings. The minimum Gasteiger partial charge on any atom is -0.508 e. The van der Waals surface area contributed by atoms with E-state index in [0.29, 0.717) is 0 Å². The number of phenols is 1. The van der Waals surface area contributed by atoms with Crippen LogP contribution in [0.1, 0.15) is 62.5 Å². The molecular formula is C20H25NO3. The van der Waals surface area contributed by atoms with Gasteiger partial charge < -0.3 is 5.11 Å². The molecule has 1 unspecified atom stereocenters.